The summed E-state index contributed by atoms with van der Waals surface area (Å²) in [5.41, 5.74) is 0.839. The van der Waals surface area contributed by atoms with E-state index < -0.39 is 0 Å². The average Bonchev–Trinajstić information content (AvgIpc) is 3.44. The number of rotatable bonds is 4. The molecular weight excluding hydrogens is 461 g/mol. The Balaban J connectivity index is 0.00000272. The van der Waals surface area contributed by atoms with Crippen molar-refractivity contribution in [1.29, 1.82) is 0 Å². The molecular formula is C21H26Cl3N5O2. The van der Waals surface area contributed by atoms with E-state index in [4.69, 9.17) is 23.2 Å². The minimum absolute atomic E-state index is 0. The first kappa shape index (κ1) is 23.9. The SMILES string of the molecule is Cl.O=C(Cc1ccc(Cl)c(Cl)c1)N1CCN(C(=O)n2ccnc2)CC1CN1CCCC1. The molecule has 168 valence electrons. The zero-order chi connectivity index (χ0) is 21.1. The van der Waals surface area contributed by atoms with Crippen molar-refractivity contribution in [3.8, 4) is 0 Å². The Labute approximate surface area is 198 Å². The van der Waals surface area contributed by atoms with E-state index >= 15 is 0 Å². The third-order valence-corrected chi connectivity index (χ3v) is 6.54. The van der Waals surface area contributed by atoms with Gasteiger partial charge in [0.25, 0.3) is 0 Å². The van der Waals surface area contributed by atoms with Crippen LogP contribution in [-0.4, -0.2) is 81.5 Å². The molecule has 2 aliphatic heterocycles. The first-order valence-corrected chi connectivity index (χ1v) is 11.0. The van der Waals surface area contributed by atoms with Gasteiger partial charge in [0, 0.05) is 38.6 Å². The molecule has 1 aromatic carbocycles. The second-order valence-corrected chi connectivity index (χ2v) is 8.69. The third kappa shape index (κ3) is 5.71. The zero-order valence-electron chi connectivity index (χ0n) is 17.1. The molecule has 2 aliphatic rings. The lowest BCUT2D eigenvalue weighted by Gasteiger charge is -2.42. The highest BCUT2D eigenvalue weighted by Crippen LogP contribution is 2.24. The first-order valence-electron chi connectivity index (χ1n) is 10.2. The van der Waals surface area contributed by atoms with E-state index in [0.717, 1.165) is 25.2 Å². The maximum absolute atomic E-state index is 13.2. The van der Waals surface area contributed by atoms with Gasteiger partial charge in [-0.1, -0.05) is 29.3 Å². The molecule has 1 atom stereocenters. The molecule has 0 radical (unpaired) electrons. The summed E-state index contributed by atoms with van der Waals surface area (Å²) in [5.74, 6) is 0.0484. The zero-order valence-corrected chi connectivity index (χ0v) is 19.5. The van der Waals surface area contributed by atoms with Gasteiger partial charge in [0.1, 0.15) is 6.33 Å². The van der Waals surface area contributed by atoms with Crippen molar-refractivity contribution in [1.82, 2.24) is 24.3 Å². The van der Waals surface area contributed by atoms with Crippen molar-refractivity contribution < 1.29 is 9.59 Å². The van der Waals surface area contributed by atoms with Crippen LogP contribution in [0, 0.1) is 0 Å². The van der Waals surface area contributed by atoms with Crippen LogP contribution in [-0.2, 0) is 11.2 Å². The van der Waals surface area contributed by atoms with Crippen LogP contribution in [0.1, 0.15) is 18.4 Å². The van der Waals surface area contributed by atoms with Gasteiger partial charge in [0.2, 0.25) is 5.91 Å². The molecule has 0 bridgehead atoms. The van der Waals surface area contributed by atoms with Gasteiger partial charge < -0.3 is 14.7 Å². The van der Waals surface area contributed by atoms with Gasteiger partial charge in [-0.05, 0) is 43.6 Å². The molecule has 4 rings (SSSR count). The highest BCUT2D eigenvalue weighted by molar-refractivity contribution is 6.42. The molecule has 10 heteroatoms. The lowest BCUT2D eigenvalue weighted by molar-refractivity contribution is -0.135. The van der Waals surface area contributed by atoms with E-state index in [2.05, 4.69) is 9.88 Å². The highest BCUT2D eigenvalue weighted by atomic mass is 35.5. The molecule has 2 aromatic rings. The van der Waals surface area contributed by atoms with Gasteiger partial charge in [0.05, 0.1) is 22.5 Å². The third-order valence-electron chi connectivity index (χ3n) is 5.81. The fourth-order valence-corrected chi connectivity index (χ4v) is 4.56. The molecule has 0 spiro atoms. The molecule has 0 N–H and O–H groups in total. The number of imidazole rings is 1. The Hall–Kier alpha value is -1.80. The topological polar surface area (TPSA) is 61.7 Å². The lowest BCUT2D eigenvalue weighted by atomic mass is 10.1. The van der Waals surface area contributed by atoms with Gasteiger partial charge in [-0.25, -0.2) is 9.78 Å². The molecule has 1 aromatic heterocycles. The van der Waals surface area contributed by atoms with E-state index in [-0.39, 0.29) is 36.8 Å². The molecule has 7 nitrogen and oxygen atoms in total. The van der Waals surface area contributed by atoms with Crippen LogP contribution in [0.4, 0.5) is 4.79 Å². The number of benzene rings is 1. The molecule has 2 amide bonds. The van der Waals surface area contributed by atoms with Crippen molar-refractivity contribution in [3.05, 3.63) is 52.5 Å². The quantitative estimate of drug-likeness (QED) is 0.664. The van der Waals surface area contributed by atoms with Gasteiger partial charge in [-0.3, -0.25) is 9.36 Å². The number of likely N-dealkylation sites (tertiary alicyclic amines) is 1. The number of aromatic nitrogens is 2. The number of nitrogens with zero attached hydrogens (tertiary/aromatic N) is 5. The summed E-state index contributed by atoms with van der Waals surface area (Å²) in [6, 6.07) is 5.15. The Morgan fingerprint density at radius 3 is 2.52 bits per heavy atom. The Morgan fingerprint density at radius 1 is 1.06 bits per heavy atom. The summed E-state index contributed by atoms with van der Waals surface area (Å²) in [6.07, 6.45) is 7.39. The highest BCUT2D eigenvalue weighted by Gasteiger charge is 2.34. The lowest BCUT2D eigenvalue weighted by Crippen LogP contribution is -2.60. The summed E-state index contributed by atoms with van der Waals surface area (Å²) in [7, 11) is 0. The standard InChI is InChI=1S/C21H25Cl2N5O2.ClH/c22-18-4-3-16(11-19(18)23)12-20(29)28-10-9-26(21(30)27-8-5-24-15-27)14-17(28)13-25-6-1-2-7-25;/h3-5,8,11,15,17H,1-2,6-7,9-10,12-14H2;1H. The minimum Gasteiger partial charge on any atom is -0.335 e. The van der Waals surface area contributed by atoms with Gasteiger partial charge in [0.15, 0.2) is 0 Å². The summed E-state index contributed by atoms with van der Waals surface area (Å²) < 4.78 is 1.49. The van der Waals surface area contributed by atoms with Crippen LogP contribution in [0.3, 0.4) is 0 Å². The number of amides is 2. The Bertz CT molecular complexity index is 902. The largest absolute Gasteiger partial charge is 0.335 e. The minimum atomic E-state index is -0.101. The molecule has 1 unspecified atom stereocenters. The number of carbonyl (C=O) groups excluding carboxylic acids is 2. The van der Waals surface area contributed by atoms with Crippen molar-refractivity contribution >= 4 is 47.5 Å². The second-order valence-electron chi connectivity index (χ2n) is 7.87. The van der Waals surface area contributed by atoms with E-state index in [1.54, 1.807) is 24.5 Å². The van der Waals surface area contributed by atoms with Crippen LogP contribution in [0.25, 0.3) is 0 Å². The predicted octanol–water partition coefficient (Wildman–Crippen LogP) is 3.43. The smallest absolute Gasteiger partial charge is 0.329 e. The van der Waals surface area contributed by atoms with Crippen LogP contribution >= 0.6 is 35.6 Å². The van der Waals surface area contributed by atoms with Crippen LogP contribution in [0.15, 0.2) is 36.9 Å². The van der Waals surface area contributed by atoms with Crippen molar-refractivity contribution in [2.24, 2.45) is 0 Å². The van der Waals surface area contributed by atoms with Gasteiger partial charge >= 0.3 is 6.03 Å². The molecule has 2 saturated heterocycles. The number of hydrogen-bond donors (Lipinski definition) is 0. The van der Waals surface area contributed by atoms with Gasteiger partial charge in [-0.2, -0.15) is 0 Å². The average molecular weight is 487 g/mol. The molecule has 2 fully saturated rings. The van der Waals surface area contributed by atoms with Crippen LogP contribution < -0.4 is 0 Å². The number of piperazine rings is 1. The van der Waals surface area contributed by atoms with Crippen LogP contribution in [0.5, 0.6) is 0 Å². The van der Waals surface area contributed by atoms with Crippen LogP contribution in [0.2, 0.25) is 10.0 Å². The summed E-state index contributed by atoms with van der Waals surface area (Å²) in [4.78, 5) is 36.0. The Kier molecular flexibility index (Phi) is 8.22. The van der Waals surface area contributed by atoms with Gasteiger partial charge in [-0.15, -0.1) is 12.4 Å². The number of carbonyl (C=O) groups is 2. The fraction of sp³-hybridized carbons (Fsp3) is 0.476. The number of hydrogen-bond acceptors (Lipinski definition) is 4. The van der Waals surface area contributed by atoms with E-state index in [1.807, 2.05) is 15.9 Å². The second kappa shape index (κ2) is 10.7. The number of halogens is 3. The maximum Gasteiger partial charge on any atom is 0.329 e. The predicted molar refractivity (Wildman–Crippen MR) is 123 cm³/mol. The van der Waals surface area contributed by atoms with Crippen molar-refractivity contribution in [2.45, 2.75) is 25.3 Å². The summed E-state index contributed by atoms with van der Waals surface area (Å²) in [5, 5.41) is 0.928. The monoisotopic (exact) mass is 485 g/mol. The van der Waals surface area contributed by atoms with E-state index in [9.17, 15) is 9.59 Å². The fourth-order valence-electron chi connectivity index (χ4n) is 4.24. The molecule has 31 heavy (non-hydrogen) atoms. The van der Waals surface area contributed by atoms with Crippen molar-refractivity contribution in [2.75, 3.05) is 39.3 Å². The first-order chi connectivity index (χ1) is 14.5. The normalized spacial score (nSPS) is 19.4. The summed E-state index contributed by atoms with van der Waals surface area (Å²) in [6.45, 7) is 4.39. The Morgan fingerprint density at radius 2 is 1.84 bits per heavy atom. The molecule has 0 saturated carbocycles. The summed E-state index contributed by atoms with van der Waals surface area (Å²) >= 11 is 12.1. The molecule has 0 aliphatic carbocycles. The van der Waals surface area contributed by atoms with Crippen molar-refractivity contribution in [3.63, 3.8) is 0 Å². The van der Waals surface area contributed by atoms with E-state index in [0.29, 0.717) is 29.7 Å². The van der Waals surface area contributed by atoms with E-state index in [1.165, 1.54) is 23.7 Å². The molecule has 3 heterocycles. The maximum atomic E-state index is 13.2.